The zero-order valence-corrected chi connectivity index (χ0v) is 12.6. The second-order valence-electron chi connectivity index (χ2n) is 4.74. The standard InChI is InChI=1S/C15H14ClN3O3/c1-21-14-7-13(22-19-14)15(20)17-5-4-9-8-18-12-6-10(16)2-3-11(9)12/h2-3,6-8,18H,4-5H2,1H3,(H,17,20). The number of halogens is 1. The van der Waals surface area contributed by atoms with Gasteiger partial charge < -0.3 is 19.6 Å². The van der Waals surface area contributed by atoms with Gasteiger partial charge in [-0.2, -0.15) is 0 Å². The largest absolute Gasteiger partial charge is 0.479 e. The summed E-state index contributed by atoms with van der Waals surface area (Å²) >= 11 is 5.95. The highest BCUT2D eigenvalue weighted by Crippen LogP contribution is 2.22. The van der Waals surface area contributed by atoms with E-state index in [4.69, 9.17) is 20.9 Å². The maximum atomic E-state index is 11.9. The van der Waals surface area contributed by atoms with Gasteiger partial charge in [0.1, 0.15) is 0 Å². The molecule has 6 nitrogen and oxygen atoms in total. The van der Waals surface area contributed by atoms with E-state index >= 15 is 0 Å². The van der Waals surface area contributed by atoms with Crippen molar-refractivity contribution in [3.63, 3.8) is 0 Å². The predicted molar refractivity (Wildman–Crippen MR) is 82.4 cm³/mol. The molecule has 0 aliphatic carbocycles. The zero-order chi connectivity index (χ0) is 15.5. The van der Waals surface area contributed by atoms with Crippen molar-refractivity contribution in [2.75, 3.05) is 13.7 Å². The van der Waals surface area contributed by atoms with Gasteiger partial charge in [-0.05, 0) is 29.3 Å². The number of nitrogens with zero attached hydrogens (tertiary/aromatic N) is 1. The van der Waals surface area contributed by atoms with Gasteiger partial charge in [0.15, 0.2) is 0 Å². The molecule has 2 heterocycles. The summed E-state index contributed by atoms with van der Waals surface area (Å²) in [6.45, 7) is 0.484. The van der Waals surface area contributed by atoms with Crippen LogP contribution in [0, 0.1) is 0 Å². The van der Waals surface area contributed by atoms with E-state index in [0.717, 1.165) is 16.5 Å². The van der Waals surface area contributed by atoms with Crippen LogP contribution in [0.4, 0.5) is 0 Å². The number of hydrogen-bond acceptors (Lipinski definition) is 4. The average molecular weight is 320 g/mol. The predicted octanol–water partition coefficient (Wildman–Crippen LogP) is 2.79. The van der Waals surface area contributed by atoms with Crippen LogP contribution in [0.1, 0.15) is 16.1 Å². The molecule has 0 fully saturated rings. The molecule has 0 saturated heterocycles. The van der Waals surface area contributed by atoms with Gasteiger partial charge in [0.2, 0.25) is 5.76 Å². The maximum Gasteiger partial charge on any atom is 0.290 e. The molecule has 0 aliphatic heterocycles. The number of benzene rings is 1. The third-order valence-electron chi connectivity index (χ3n) is 3.33. The lowest BCUT2D eigenvalue weighted by molar-refractivity contribution is 0.0917. The van der Waals surface area contributed by atoms with Crippen molar-refractivity contribution in [3.05, 3.63) is 46.8 Å². The molecule has 3 rings (SSSR count). The summed E-state index contributed by atoms with van der Waals surface area (Å²) in [5.41, 5.74) is 2.09. The summed E-state index contributed by atoms with van der Waals surface area (Å²) in [6, 6.07) is 7.13. The first kappa shape index (κ1) is 14.5. The molecule has 0 aliphatic rings. The quantitative estimate of drug-likeness (QED) is 0.758. The minimum Gasteiger partial charge on any atom is -0.479 e. The number of aromatic nitrogens is 2. The molecule has 1 aromatic carbocycles. The zero-order valence-electron chi connectivity index (χ0n) is 11.9. The van der Waals surface area contributed by atoms with Crippen molar-refractivity contribution in [1.29, 1.82) is 0 Å². The van der Waals surface area contributed by atoms with Gasteiger partial charge in [-0.3, -0.25) is 4.79 Å². The van der Waals surface area contributed by atoms with Gasteiger partial charge in [-0.25, -0.2) is 0 Å². The normalized spacial score (nSPS) is 10.8. The SMILES string of the molecule is COc1cc(C(=O)NCCc2c[nH]c3cc(Cl)ccc23)on1. The molecule has 3 aromatic rings. The van der Waals surface area contributed by atoms with E-state index in [2.05, 4.69) is 15.5 Å². The number of carbonyl (C=O) groups excluding carboxylic acids is 1. The van der Waals surface area contributed by atoms with Crippen LogP contribution in [0.5, 0.6) is 5.88 Å². The Labute approximate surface area is 131 Å². The van der Waals surface area contributed by atoms with Crippen molar-refractivity contribution in [2.45, 2.75) is 6.42 Å². The lowest BCUT2D eigenvalue weighted by Gasteiger charge is -2.02. The number of H-pyrrole nitrogens is 1. The maximum absolute atomic E-state index is 11.9. The summed E-state index contributed by atoms with van der Waals surface area (Å²) in [4.78, 5) is 15.1. The van der Waals surface area contributed by atoms with E-state index < -0.39 is 0 Å². The van der Waals surface area contributed by atoms with Crippen molar-refractivity contribution in [2.24, 2.45) is 0 Å². The minimum absolute atomic E-state index is 0.127. The molecule has 1 amide bonds. The topological polar surface area (TPSA) is 80.1 Å². The first-order valence-electron chi connectivity index (χ1n) is 6.72. The number of nitrogens with one attached hydrogen (secondary N) is 2. The highest BCUT2D eigenvalue weighted by molar-refractivity contribution is 6.31. The number of amides is 1. The first-order chi connectivity index (χ1) is 10.7. The summed E-state index contributed by atoms with van der Waals surface area (Å²) in [6.07, 6.45) is 2.61. The highest BCUT2D eigenvalue weighted by atomic mass is 35.5. The van der Waals surface area contributed by atoms with Crippen LogP contribution < -0.4 is 10.1 Å². The molecule has 0 unspecified atom stereocenters. The fraction of sp³-hybridized carbons (Fsp3) is 0.200. The minimum atomic E-state index is -0.321. The Bertz CT molecular complexity index is 809. The van der Waals surface area contributed by atoms with E-state index in [-0.39, 0.29) is 17.5 Å². The molecule has 0 spiro atoms. The summed E-state index contributed by atoms with van der Waals surface area (Å²) in [5, 5.41) is 8.16. The molecule has 7 heteroatoms. The number of methoxy groups -OCH3 is 1. The number of fused-ring (bicyclic) bond motifs is 1. The van der Waals surface area contributed by atoms with Crippen molar-refractivity contribution < 1.29 is 14.1 Å². The number of hydrogen-bond donors (Lipinski definition) is 2. The monoisotopic (exact) mass is 319 g/mol. The van der Waals surface area contributed by atoms with Gasteiger partial charge in [-0.15, -0.1) is 0 Å². The third-order valence-corrected chi connectivity index (χ3v) is 3.57. The Morgan fingerprint density at radius 2 is 2.32 bits per heavy atom. The summed E-state index contributed by atoms with van der Waals surface area (Å²) in [5.74, 6) is 0.0832. The summed E-state index contributed by atoms with van der Waals surface area (Å²) in [7, 11) is 1.46. The lowest BCUT2D eigenvalue weighted by atomic mass is 10.1. The van der Waals surface area contributed by atoms with Gasteiger partial charge in [0, 0.05) is 28.7 Å². The Morgan fingerprint density at radius 1 is 1.45 bits per heavy atom. The number of carbonyl (C=O) groups is 1. The van der Waals surface area contributed by atoms with Crippen molar-refractivity contribution in [1.82, 2.24) is 15.5 Å². The highest BCUT2D eigenvalue weighted by Gasteiger charge is 2.13. The van der Waals surface area contributed by atoms with E-state index in [9.17, 15) is 4.79 Å². The first-order valence-corrected chi connectivity index (χ1v) is 7.09. The molecule has 0 saturated carbocycles. The molecular weight excluding hydrogens is 306 g/mol. The van der Waals surface area contributed by atoms with Crippen molar-refractivity contribution >= 4 is 28.4 Å². The Hall–Kier alpha value is -2.47. The Kier molecular flexibility index (Phi) is 4.02. The van der Waals surface area contributed by atoms with Crippen molar-refractivity contribution in [3.8, 4) is 5.88 Å². The van der Waals surface area contributed by atoms with Crippen LogP contribution in [0.3, 0.4) is 0 Å². The average Bonchev–Trinajstić information content (AvgIpc) is 3.14. The lowest BCUT2D eigenvalue weighted by Crippen LogP contribution is -2.25. The van der Waals surface area contributed by atoms with Gasteiger partial charge in [-0.1, -0.05) is 17.7 Å². The molecule has 114 valence electrons. The smallest absolute Gasteiger partial charge is 0.290 e. The molecule has 22 heavy (non-hydrogen) atoms. The van der Waals surface area contributed by atoms with Gasteiger partial charge >= 0.3 is 0 Å². The molecule has 0 atom stereocenters. The van der Waals surface area contributed by atoms with Gasteiger partial charge in [0.05, 0.1) is 13.2 Å². The molecule has 2 aromatic heterocycles. The van der Waals surface area contributed by atoms with E-state index in [1.54, 1.807) is 0 Å². The number of rotatable bonds is 5. The van der Waals surface area contributed by atoms with Crippen LogP contribution in [0.15, 0.2) is 35.0 Å². The van der Waals surface area contributed by atoms with E-state index in [1.165, 1.54) is 13.2 Å². The van der Waals surface area contributed by atoms with Crippen LogP contribution in [0.25, 0.3) is 10.9 Å². The number of aromatic amines is 1. The van der Waals surface area contributed by atoms with E-state index in [0.29, 0.717) is 18.0 Å². The van der Waals surface area contributed by atoms with Gasteiger partial charge in [0.25, 0.3) is 11.8 Å². The second kappa shape index (κ2) is 6.11. The van der Waals surface area contributed by atoms with E-state index in [1.807, 2.05) is 24.4 Å². The molecule has 0 radical (unpaired) electrons. The molecule has 0 bridgehead atoms. The fourth-order valence-electron chi connectivity index (χ4n) is 2.23. The van der Waals surface area contributed by atoms with Crippen LogP contribution in [0.2, 0.25) is 5.02 Å². The second-order valence-corrected chi connectivity index (χ2v) is 5.18. The Balaban J connectivity index is 1.61. The Morgan fingerprint density at radius 3 is 3.09 bits per heavy atom. The van der Waals surface area contributed by atoms with Crippen LogP contribution in [-0.4, -0.2) is 29.7 Å². The van der Waals surface area contributed by atoms with Crippen LogP contribution in [-0.2, 0) is 6.42 Å². The molecule has 2 N–H and O–H groups in total. The number of ether oxygens (including phenoxy) is 1. The van der Waals surface area contributed by atoms with Crippen LogP contribution >= 0.6 is 11.6 Å². The molecular formula is C15H14ClN3O3. The third kappa shape index (κ3) is 2.92. The fourth-order valence-corrected chi connectivity index (χ4v) is 2.40. The summed E-state index contributed by atoms with van der Waals surface area (Å²) < 4.78 is 9.75.